The summed E-state index contributed by atoms with van der Waals surface area (Å²) in [5.41, 5.74) is 2.93. The number of carbonyl (C=O) groups excluding carboxylic acids is 1. The SMILES string of the molecule is COc1ccc(OC)c(/C=C2\N=C(c3ccc(C(C)(C)C)cc3)OC2=O)c1. The van der Waals surface area contributed by atoms with E-state index in [0.717, 1.165) is 5.56 Å². The number of carbonyl (C=O) groups is 1. The van der Waals surface area contributed by atoms with Gasteiger partial charge in [0.25, 0.3) is 0 Å². The fourth-order valence-corrected chi connectivity index (χ4v) is 2.74. The van der Waals surface area contributed by atoms with Crippen LogP contribution >= 0.6 is 0 Å². The number of methoxy groups -OCH3 is 2. The minimum atomic E-state index is -0.491. The van der Waals surface area contributed by atoms with Crippen molar-refractivity contribution in [2.75, 3.05) is 14.2 Å². The van der Waals surface area contributed by atoms with Gasteiger partial charge in [0, 0.05) is 11.1 Å². The number of cyclic esters (lactones) is 1. The summed E-state index contributed by atoms with van der Waals surface area (Å²) in [5, 5.41) is 0. The quantitative estimate of drug-likeness (QED) is 0.597. The molecule has 0 bridgehead atoms. The van der Waals surface area contributed by atoms with Crippen molar-refractivity contribution in [2.45, 2.75) is 26.2 Å². The third-order valence-corrected chi connectivity index (χ3v) is 4.35. The number of hydrogen-bond acceptors (Lipinski definition) is 5. The summed E-state index contributed by atoms with van der Waals surface area (Å²) in [5.74, 6) is 1.09. The third-order valence-electron chi connectivity index (χ3n) is 4.35. The Bertz CT molecular complexity index is 918. The van der Waals surface area contributed by atoms with Crippen molar-refractivity contribution in [3.05, 3.63) is 64.9 Å². The monoisotopic (exact) mass is 365 g/mol. The van der Waals surface area contributed by atoms with E-state index >= 15 is 0 Å². The molecule has 0 aromatic heterocycles. The van der Waals surface area contributed by atoms with E-state index < -0.39 is 5.97 Å². The Morgan fingerprint density at radius 2 is 1.70 bits per heavy atom. The van der Waals surface area contributed by atoms with Crippen LogP contribution in [0.15, 0.2) is 53.2 Å². The number of aliphatic imine (C=N–C) groups is 1. The highest BCUT2D eigenvalue weighted by atomic mass is 16.6. The molecule has 5 heteroatoms. The lowest BCUT2D eigenvalue weighted by Crippen LogP contribution is -2.11. The van der Waals surface area contributed by atoms with Crippen molar-refractivity contribution < 1.29 is 19.0 Å². The number of esters is 1. The lowest BCUT2D eigenvalue weighted by molar-refractivity contribution is -0.129. The molecule has 0 radical (unpaired) electrons. The van der Waals surface area contributed by atoms with Gasteiger partial charge in [0.05, 0.1) is 14.2 Å². The summed E-state index contributed by atoms with van der Waals surface area (Å²) in [6.07, 6.45) is 1.64. The minimum Gasteiger partial charge on any atom is -0.497 e. The first-order chi connectivity index (χ1) is 12.8. The molecule has 0 fully saturated rings. The van der Waals surface area contributed by atoms with Gasteiger partial charge in [-0.2, -0.15) is 0 Å². The zero-order valence-electron chi connectivity index (χ0n) is 16.2. The van der Waals surface area contributed by atoms with Crippen molar-refractivity contribution in [2.24, 2.45) is 4.99 Å². The maximum Gasteiger partial charge on any atom is 0.363 e. The standard InChI is InChI=1S/C22H23NO4/c1-22(2,3)16-8-6-14(7-9-16)20-23-18(21(24)27-20)13-15-12-17(25-4)10-11-19(15)26-5/h6-13H,1-5H3/b18-13-. The van der Waals surface area contributed by atoms with Gasteiger partial charge in [0.2, 0.25) is 5.90 Å². The lowest BCUT2D eigenvalue weighted by atomic mass is 9.87. The molecule has 1 aliphatic rings. The topological polar surface area (TPSA) is 57.1 Å². The number of rotatable bonds is 4. The Hall–Kier alpha value is -3.08. The van der Waals surface area contributed by atoms with Crippen molar-refractivity contribution >= 4 is 17.9 Å². The van der Waals surface area contributed by atoms with Crippen molar-refractivity contribution in [3.8, 4) is 11.5 Å². The molecular weight excluding hydrogens is 342 g/mol. The van der Waals surface area contributed by atoms with Crippen LogP contribution in [0.3, 0.4) is 0 Å². The van der Waals surface area contributed by atoms with Crippen molar-refractivity contribution in [1.29, 1.82) is 0 Å². The van der Waals surface area contributed by atoms with Gasteiger partial charge >= 0.3 is 5.97 Å². The normalized spacial score (nSPS) is 15.5. The predicted molar refractivity (Wildman–Crippen MR) is 105 cm³/mol. The Morgan fingerprint density at radius 3 is 2.30 bits per heavy atom. The molecule has 0 aliphatic carbocycles. The maximum atomic E-state index is 12.3. The second-order valence-electron chi connectivity index (χ2n) is 7.27. The van der Waals surface area contributed by atoms with Crippen LogP contribution < -0.4 is 9.47 Å². The van der Waals surface area contributed by atoms with Crippen LogP contribution in [0, 0.1) is 0 Å². The number of nitrogens with zero attached hydrogens (tertiary/aromatic N) is 1. The second kappa shape index (κ2) is 7.27. The summed E-state index contributed by atoms with van der Waals surface area (Å²) >= 11 is 0. The van der Waals surface area contributed by atoms with Gasteiger partial charge in [0.15, 0.2) is 5.70 Å². The van der Waals surface area contributed by atoms with Crippen LogP contribution in [-0.2, 0) is 14.9 Å². The van der Waals surface area contributed by atoms with Gasteiger partial charge in [-0.15, -0.1) is 0 Å². The smallest absolute Gasteiger partial charge is 0.363 e. The molecule has 0 atom stereocenters. The van der Waals surface area contributed by atoms with E-state index in [2.05, 4.69) is 25.8 Å². The van der Waals surface area contributed by atoms with Crippen molar-refractivity contribution in [1.82, 2.24) is 0 Å². The Morgan fingerprint density at radius 1 is 1.00 bits per heavy atom. The van der Waals surface area contributed by atoms with E-state index in [1.807, 2.05) is 24.3 Å². The zero-order valence-corrected chi connectivity index (χ0v) is 16.2. The van der Waals surface area contributed by atoms with Gasteiger partial charge in [-0.25, -0.2) is 9.79 Å². The van der Waals surface area contributed by atoms with E-state index in [1.54, 1.807) is 38.5 Å². The molecule has 0 N–H and O–H groups in total. The van der Waals surface area contributed by atoms with Gasteiger partial charge in [0.1, 0.15) is 11.5 Å². The van der Waals surface area contributed by atoms with E-state index in [0.29, 0.717) is 23.0 Å². The van der Waals surface area contributed by atoms with Crippen LogP contribution in [0.2, 0.25) is 0 Å². The highest BCUT2D eigenvalue weighted by molar-refractivity contribution is 6.13. The largest absolute Gasteiger partial charge is 0.497 e. The first kappa shape index (κ1) is 18.7. The van der Waals surface area contributed by atoms with Gasteiger partial charge < -0.3 is 14.2 Å². The summed E-state index contributed by atoms with van der Waals surface area (Å²) in [7, 11) is 3.16. The molecule has 140 valence electrons. The summed E-state index contributed by atoms with van der Waals surface area (Å²) in [6, 6.07) is 13.2. The van der Waals surface area contributed by atoms with Crippen molar-refractivity contribution in [3.63, 3.8) is 0 Å². The minimum absolute atomic E-state index is 0.0562. The predicted octanol–water partition coefficient (Wildman–Crippen LogP) is 4.35. The van der Waals surface area contributed by atoms with Crippen LogP contribution in [0.5, 0.6) is 11.5 Å². The molecule has 27 heavy (non-hydrogen) atoms. The molecule has 3 rings (SSSR count). The first-order valence-corrected chi connectivity index (χ1v) is 8.67. The van der Waals surface area contributed by atoms with Gasteiger partial charge in [-0.05, 0) is 47.4 Å². The summed E-state index contributed by atoms with van der Waals surface area (Å²) in [4.78, 5) is 16.6. The Kier molecular flexibility index (Phi) is 5.04. The Balaban J connectivity index is 1.94. The summed E-state index contributed by atoms with van der Waals surface area (Å²) < 4.78 is 15.9. The van der Waals surface area contributed by atoms with Crippen LogP contribution in [-0.4, -0.2) is 26.1 Å². The molecule has 0 unspecified atom stereocenters. The molecule has 0 saturated carbocycles. The third kappa shape index (κ3) is 4.03. The highest BCUT2D eigenvalue weighted by Crippen LogP contribution is 2.29. The van der Waals surface area contributed by atoms with Gasteiger partial charge in [-0.1, -0.05) is 32.9 Å². The maximum absolute atomic E-state index is 12.3. The average molecular weight is 365 g/mol. The molecule has 5 nitrogen and oxygen atoms in total. The van der Waals surface area contributed by atoms with Crippen LogP contribution in [0.25, 0.3) is 6.08 Å². The molecule has 2 aromatic carbocycles. The van der Waals surface area contributed by atoms with Crippen LogP contribution in [0.1, 0.15) is 37.5 Å². The average Bonchev–Trinajstić information content (AvgIpc) is 3.01. The first-order valence-electron chi connectivity index (χ1n) is 8.67. The van der Waals surface area contributed by atoms with E-state index in [4.69, 9.17) is 14.2 Å². The molecule has 0 amide bonds. The van der Waals surface area contributed by atoms with Gasteiger partial charge in [-0.3, -0.25) is 0 Å². The van der Waals surface area contributed by atoms with E-state index in [1.165, 1.54) is 5.56 Å². The van der Waals surface area contributed by atoms with Crippen LogP contribution in [0.4, 0.5) is 0 Å². The molecule has 2 aromatic rings. The number of benzene rings is 2. The second-order valence-corrected chi connectivity index (χ2v) is 7.27. The summed E-state index contributed by atoms with van der Waals surface area (Å²) in [6.45, 7) is 6.45. The highest BCUT2D eigenvalue weighted by Gasteiger charge is 2.25. The molecule has 1 heterocycles. The molecular formula is C22H23NO4. The number of ether oxygens (including phenoxy) is 3. The molecule has 0 saturated heterocycles. The Labute approximate surface area is 159 Å². The van der Waals surface area contributed by atoms with E-state index in [9.17, 15) is 4.79 Å². The fourth-order valence-electron chi connectivity index (χ4n) is 2.74. The molecule has 0 spiro atoms. The number of hydrogen-bond donors (Lipinski definition) is 0. The lowest BCUT2D eigenvalue weighted by Gasteiger charge is -2.18. The van der Waals surface area contributed by atoms with E-state index in [-0.39, 0.29) is 11.1 Å². The fraction of sp³-hybridized carbons (Fsp3) is 0.273. The zero-order chi connectivity index (χ0) is 19.6. The molecule has 1 aliphatic heterocycles.